The summed E-state index contributed by atoms with van der Waals surface area (Å²) in [4.78, 5) is 6.72. The third-order valence-corrected chi connectivity index (χ3v) is 4.22. The Balaban J connectivity index is 2.87. The van der Waals surface area contributed by atoms with E-state index in [1.54, 1.807) is 0 Å². The van der Waals surface area contributed by atoms with Crippen molar-refractivity contribution in [2.75, 3.05) is 18.0 Å². The lowest BCUT2D eigenvalue weighted by Gasteiger charge is -2.19. The van der Waals surface area contributed by atoms with Gasteiger partial charge < -0.3 is 9.13 Å². The topological polar surface area (TPSA) is 21.1 Å². The zero-order valence-corrected chi connectivity index (χ0v) is 10.9. The predicted molar refractivity (Wildman–Crippen MR) is 64.5 cm³/mol. The highest BCUT2D eigenvalue weighted by atomic mass is 28.3. The van der Waals surface area contributed by atoms with Crippen LogP contribution in [0.1, 0.15) is 13.8 Å². The number of hydrogen-bond acceptors (Lipinski definition) is 2. The number of nitrogens with zero attached hydrogens (tertiary/aromatic N) is 3. The molecule has 0 atom stereocenters. The summed E-state index contributed by atoms with van der Waals surface area (Å²) in [6, 6.07) is 0. The molecule has 0 radical (unpaired) electrons. The first-order chi connectivity index (χ1) is 6.49. The second kappa shape index (κ2) is 4.17. The van der Waals surface area contributed by atoms with Crippen LogP contribution in [-0.4, -0.2) is 30.5 Å². The van der Waals surface area contributed by atoms with Gasteiger partial charge in [-0.3, -0.25) is 0 Å². The van der Waals surface area contributed by atoms with Gasteiger partial charge in [-0.05, 0) is 13.8 Å². The van der Waals surface area contributed by atoms with Crippen LogP contribution in [0, 0.1) is 0 Å². The maximum atomic E-state index is 4.45. The molecule has 0 unspecified atom stereocenters. The van der Waals surface area contributed by atoms with Gasteiger partial charge in [-0.2, -0.15) is 0 Å². The Kier molecular flexibility index (Phi) is 3.37. The maximum Gasteiger partial charge on any atom is 0.154 e. The normalized spacial score (nSPS) is 11.8. The van der Waals surface area contributed by atoms with Crippen molar-refractivity contribution in [2.45, 2.75) is 33.5 Å². The van der Waals surface area contributed by atoms with E-state index in [2.05, 4.69) is 53.8 Å². The van der Waals surface area contributed by atoms with Crippen LogP contribution in [0.5, 0.6) is 0 Å². The summed E-state index contributed by atoms with van der Waals surface area (Å²) >= 11 is 0. The molecule has 0 aromatic carbocycles. The van der Waals surface area contributed by atoms with Crippen molar-refractivity contribution in [2.24, 2.45) is 0 Å². The Morgan fingerprint density at radius 1 is 1.29 bits per heavy atom. The van der Waals surface area contributed by atoms with Crippen LogP contribution in [0.2, 0.25) is 19.6 Å². The first kappa shape index (κ1) is 11.3. The minimum Gasteiger partial charge on any atom is -0.363 e. The van der Waals surface area contributed by atoms with Crippen LogP contribution in [-0.2, 0) is 0 Å². The molecule has 3 nitrogen and oxygen atoms in total. The van der Waals surface area contributed by atoms with Crippen molar-refractivity contribution >= 4 is 14.1 Å². The van der Waals surface area contributed by atoms with Gasteiger partial charge in [0.2, 0.25) is 0 Å². The molecule has 4 heteroatoms. The summed E-state index contributed by atoms with van der Waals surface area (Å²) in [5.74, 6) is 1.11. The van der Waals surface area contributed by atoms with E-state index in [0.29, 0.717) is 0 Å². The van der Waals surface area contributed by atoms with E-state index in [1.807, 2.05) is 6.33 Å². The Morgan fingerprint density at radius 2 is 1.86 bits per heavy atom. The van der Waals surface area contributed by atoms with E-state index in [1.165, 1.54) is 0 Å². The van der Waals surface area contributed by atoms with Gasteiger partial charge in [-0.15, -0.1) is 0 Å². The molecular formula is C10H21N3Si. The average molecular weight is 211 g/mol. The van der Waals surface area contributed by atoms with Crippen LogP contribution in [0.25, 0.3) is 0 Å². The van der Waals surface area contributed by atoms with E-state index in [9.17, 15) is 0 Å². The molecule has 0 saturated carbocycles. The molecule has 0 fully saturated rings. The summed E-state index contributed by atoms with van der Waals surface area (Å²) in [5, 5.41) is 0. The van der Waals surface area contributed by atoms with Gasteiger partial charge in [-0.25, -0.2) is 4.98 Å². The summed E-state index contributed by atoms with van der Waals surface area (Å²) in [5.41, 5.74) is 0. The lowest BCUT2D eigenvalue weighted by molar-refractivity contribution is 0.850. The van der Waals surface area contributed by atoms with Crippen LogP contribution in [0.4, 0.5) is 5.82 Å². The third-order valence-electron chi connectivity index (χ3n) is 2.43. The zero-order valence-electron chi connectivity index (χ0n) is 9.91. The standard InChI is InChI=1S/C10H21N3Si/c1-6-12(7-2)10-8-13(9-11-10)14(3,4)5/h8-9H,6-7H2,1-5H3. The number of imidazole rings is 1. The number of rotatable bonds is 4. The van der Waals surface area contributed by atoms with Gasteiger partial charge >= 0.3 is 0 Å². The molecule has 14 heavy (non-hydrogen) atoms. The molecule has 0 aliphatic carbocycles. The van der Waals surface area contributed by atoms with E-state index in [-0.39, 0.29) is 0 Å². The maximum absolute atomic E-state index is 4.45. The fraction of sp³-hybridized carbons (Fsp3) is 0.700. The van der Waals surface area contributed by atoms with Crippen molar-refractivity contribution in [3.63, 3.8) is 0 Å². The molecule has 0 aliphatic heterocycles. The Bertz CT molecular complexity index is 284. The molecule has 0 spiro atoms. The van der Waals surface area contributed by atoms with Gasteiger partial charge in [0.05, 0.1) is 6.33 Å². The first-order valence-corrected chi connectivity index (χ1v) is 8.73. The molecular weight excluding hydrogens is 190 g/mol. The Labute approximate surface area is 87.8 Å². The highest BCUT2D eigenvalue weighted by Gasteiger charge is 2.17. The summed E-state index contributed by atoms with van der Waals surface area (Å²) in [6.45, 7) is 13.3. The molecule has 80 valence electrons. The van der Waals surface area contributed by atoms with Crippen molar-refractivity contribution in [3.05, 3.63) is 12.5 Å². The highest BCUT2D eigenvalue weighted by Crippen LogP contribution is 2.14. The van der Waals surface area contributed by atoms with Gasteiger partial charge in [0, 0.05) is 19.3 Å². The minimum absolute atomic E-state index is 1.03. The van der Waals surface area contributed by atoms with Crippen molar-refractivity contribution < 1.29 is 0 Å². The largest absolute Gasteiger partial charge is 0.363 e. The molecule has 1 aromatic rings. The first-order valence-electron chi connectivity index (χ1n) is 5.28. The van der Waals surface area contributed by atoms with Gasteiger partial charge in [-0.1, -0.05) is 19.6 Å². The second-order valence-corrected chi connectivity index (χ2v) is 9.34. The fourth-order valence-electron chi connectivity index (χ4n) is 1.39. The number of anilines is 1. The lowest BCUT2D eigenvalue weighted by Crippen LogP contribution is -2.30. The predicted octanol–water partition coefficient (Wildman–Crippen LogP) is 2.41. The molecule has 0 N–H and O–H groups in total. The van der Waals surface area contributed by atoms with E-state index in [4.69, 9.17) is 0 Å². The van der Waals surface area contributed by atoms with E-state index in [0.717, 1.165) is 18.9 Å². The zero-order chi connectivity index (χ0) is 10.8. The number of hydrogen-bond donors (Lipinski definition) is 0. The second-order valence-electron chi connectivity index (χ2n) is 4.48. The molecule has 1 heterocycles. The molecule has 0 amide bonds. The number of aromatic nitrogens is 2. The Hall–Kier alpha value is -0.773. The highest BCUT2D eigenvalue weighted by molar-refractivity contribution is 6.74. The summed E-state index contributed by atoms with van der Waals surface area (Å²) < 4.78 is 2.29. The van der Waals surface area contributed by atoms with Crippen molar-refractivity contribution in [3.8, 4) is 0 Å². The van der Waals surface area contributed by atoms with Crippen molar-refractivity contribution in [1.82, 2.24) is 9.22 Å². The van der Waals surface area contributed by atoms with Crippen LogP contribution < -0.4 is 4.90 Å². The van der Waals surface area contributed by atoms with Crippen molar-refractivity contribution in [1.29, 1.82) is 0 Å². The molecule has 0 aliphatic rings. The average Bonchev–Trinajstić information content (AvgIpc) is 2.54. The van der Waals surface area contributed by atoms with Crippen LogP contribution >= 0.6 is 0 Å². The fourth-order valence-corrected chi connectivity index (χ4v) is 2.30. The monoisotopic (exact) mass is 211 g/mol. The molecule has 0 saturated heterocycles. The molecule has 0 bridgehead atoms. The SMILES string of the molecule is CCN(CC)c1cn([Si](C)(C)C)cn1. The molecule has 1 rings (SSSR count). The van der Waals surface area contributed by atoms with Gasteiger partial charge in [0.25, 0.3) is 0 Å². The molecule has 1 aromatic heterocycles. The Morgan fingerprint density at radius 3 is 2.21 bits per heavy atom. The summed E-state index contributed by atoms with van der Waals surface area (Å²) in [6.07, 6.45) is 4.15. The smallest absolute Gasteiger partial charge is 0.154 e. The van der Waals surface area contributed by atoms with Crippen LogP contribution in [0.15, 0.2) is 12.5 Å². The minimum atomic E-state index is -1.26. The third kappa shape index (κ3) is 2.38. The van der Waals surface area contributed by atoms with Gasteiger partial charge in [0.15, 0.2) is 8.24 Å². The van der Waals surface area contributed by atoms with Gasteiger partial charge in [0.1, 0.15) is 5.82 Å². The van der Waals surface area contributed by atoms with E-state index < -0.39 is 8.24 Å². The lowest BCUT2D eigenvalue weighted by atomic mass is 10.5. The van der Waals surface area contributed by atoms with E-state index >= 15 is 0 Å². The quantitative estimate of drug-likeness (QED) is 0.713. The van der Waals surface area contributed by atoms with Crippen LogP contribution in [0.3, 0.4) is 0 Å². The summed E-state index contributed by atoms with van der Waals surface area (Å²) in [7, 11) is -1.26.